The van der Waals surface area contributed by atoms with Crippen LogP contribution in [0.25, 0.3) is 0 Å². The van der Waals surface area contributed by atoms with E-state index >= 15 is 0 Å². The minimum Gasteiger partial charge on any atom is -0.430 e. The van der Waals surface area contributed by atoms with E-state index in [1.165, 1.54) is 25.4 Å². The molecule has 7 saturated heterocycles. The number of cyclic esters (lactones) is 14. The summed E-state index contributed by atoms with van der Waals surface area (Å²) < 4.78 is 112. The van der Waals surface area contributed by atoms with Gasteiger partial charge in [0.2, 0.25) is 5.83 Å². The zero-order valence-corrected chi connectivity index (χ0v) is 44.0. The van der Waals surface area contributed by atoms with Crippen molar-refractivity contribution in [3.8, 4) is 24.4 Å². The Labute approximate surface area is 454 Å². The number of halogens is 4. The topological polar surface area (TPSA) is 249 Å². The smallest absolute Gasteiger partial charge is 0.430 e. The van der Waals surface area contributed by atoms with Crippen LogP contribution in [0.15, 0.2) is 111 Å². The lowest BCUT2D eigenvalue weighted by Gasteiger charge is -2.23. The first kappa shape index (κ1) is 68.4. The van der Waals surface area contributed by atoms with Gasteiger partial charge in [0.05, 0.1) is 0 Å². The normalized spacial score (nSPS) is 23.5. The van der Waals surface area contributed by atoms with Crippen molar-refractivity contribution in [3.63, 3.8) is 0 Å². The standard InChI is InChI=1S/C11H18O3.C8H7FO3.C8H8O3.C7H5F3O3.C7H10O3.C7H8O3.C6H8O3/c1-3-4-5-6-7-10-8-9(2)13-11(12)14-10;1-6-5-7(3-2-4-9)12-8(10)11-6;1-3-4-7-5-6(2)10-8(9)11-7;1-3-2-4(5(8)6(9)10)13-7(11)12-3;2*1-3-6-4-5(2)9-7(8)10-6;1-4-3-5(2)9-6(7)8-4/h10H,2-8H2,1H3;7H,1,3,5H2;1,7H,2,4-5H2;4H,1-2H2;6H,2-4H2,1H3;3,6H,1-2,4H2;5H,1,3H2,2H3. The molecular weight excluding hydrogens is 1060 g/mol. The van der Waals surface area contributed by atoms with Gasteiger partial charge in [-0.2, -0.15) is 8.78 Å². The molecule has 0 aromatic rings. The highest BCUT2D eigenvalue weighted by molar-refractivity contribution is 5.65. The van der Waals surface area contributed by atoms with Crippen LogP contribution in [0.5, 0.6) is 0 Å². The van der Waals surface area contributed by atoms with Gasteiger partial charge < -0.3 is 66.3 Å². The van der Waals surface area contributed by atoms with Crippen molar-refractivity contribution in [3.05, 3.63) is 111 Å². The number of hydrogen-bond donors (Lipinski definition) is 0. The highest BCUT2D eigenvalue weighted by atomic mass is 19.3. The van der Waals surface area contributed by atoms with Gasteiger partial charge >= 0.3 is 49.2 Å². The maximum atomic E-state index is 12.5. The second kappa shape index (κ2) is 37.2. The molecule has 7 unspecified atom stereocenters. The first-order valence-electron chi connectivity index (χ1n) is 24.1. The largest absolute Gasteiger partial charge is 0.514 e. The summed E-state index contributed by atoms with van der Waals surface area (Å²) in [5.74, 6) is 5.41. The maximum Gasteiger partial charge on any atom is 0.514 e. The zero-order chi connectivity index (χ0) is 59.6. The summed E-state index contributed by atoms with van der Waals surface area (Å²) in [7, 11) is 0. The highest BCUT2D eigenvalue weighted by Crippen LogP contribution is 2.27. The summed E-state index contributed by atoms with van der Waals surface area (Å²) in [5.41, 5.74) is 0. The van der Waals surface area contributed by atoms with E-state index in [1.54, 1.807) is 13.0 Å². The van der Waals surface area contributed by atoms with Gasteiger partial charge in [0.15, 0.2) is 6.10 Å². The Morgan fingerprint density at radius 2 is 0.911 bits per heavy atom. The van der Waals surface area contributed by atoms with Crippen molar-refractivity contribution in [2.24, 2.45) is 0 Å². The first-order valence-corrected chi connectivity index (χ1v) is 24.1. The molecular formula is C54H64F4O21. The number of carbonyl (C=O) groups is 7. The number of unbranched alkanes of at least 4 members (excludes halogenated alkanes) is 3. The quantitative estimate of drug-likeness (QED) is 0.0492. The number of hydrogen-bond acceptors (Lipinski definition) is 21. The molecule has 0 amide bonds. The lowest BCUT2D eigenvalue weighted by Crippen LogP contribution is -2.26. The molecule has 7 aliphatic heterocycles. The Balaban J connectivity index is 0.000000463. The molecule has 0 spiro atoms. The van der Waals surface area contributed by atoms with Crippen LogP contribution in [0, 0.1) is 24.4 Å². The van der Waals surface area contributed by atoms with Gasteiger partial charge in [-0.3, -0.25) is 0 Å². The van der Waals surface area contributed by atoms with Gasteiger partial charge in [0.1, 0.15) is 83.1 Å². The zero-order valence-electron chi connectivity index (χ0n) is 44.0. The van der Waals surface area contributed by atoms with Crippen LogP contribution in [0.2, 0.25) is 0 Å². The fourth-order valence-corrected chi connectivity index (χ4v) is 6.39. The molecule has 79 heavy (non-hydrogen) atoms. The van der Waals surface area contributed by atoms with Crippen LogP contribution in [0.4, 0.5) is 51.1 Å². The Hall–Kier alpha value is -8.61. The van der Waals surface area contributed by atoms with E-state index in [9.17, 15) is 51.1 Å². The maximum absolute atomic E-state index is 12.5. The van der Waals surface area contributed by atoms with Crippen molar-refractivity contribution in [1.29, 1.82) is 0 Å². The average molecular weight is 1130 g/mol. The van der Waals surface area contributed by atoms with Crippen molar-refractivity contribution in [2.75, 3.05) is 0 Å². The molecule has 7 atom stereocenters. The summed E-state index contributed by atoms with van der Waals surface area (Å²) in [6.07, 6.45) is 7.41. The van der Waals surface area contributed by atoms with Crippen LogP contribution < -0.4 is 0 Å². The summed E-state index contributed by atoms with van der Waals surface area (Å²) in [5, 5.41) is 0. The van der Waals surface area contributed by atoms with Crippen molar-refractivity contribution in [1.82, 2.24) is 0 Å². The molecule has 434 valence electrons. The monoisotopic (exact) mass is 1120 g/mol. The lowest BCUT2D eigenvalue weighted by molar-refractivity contribution is 0.00167. The van der Waals surface area contributed by atoms with Crippen LogP contribution in [-0.2, 0) is 66.3 Å². The Bertz CT molecular complexity index is 2280. The second-order valence-corrected chi connectivity index (χ2v) is 16.8. The molecule has 7 aliphatic rings. The average Bonchev–Trinajstić information content (AvgIpc) is 3.33. The minimum absolute atomic E-state index is 0.0133. The molecule has 25 heteroatoms. The van der Waals surface area contributed by atoms with Crippen LogP contribution in [-0.4, -0.2) is 85.8 Å². The fraction of sp³-hybridized carbons (Fsp3) is 0.463. The highest BCUT2D eigenvalue weighted by Gasteiger charge is 2.32. The van der Waals surface area contributed by atoms with E-state index in [2.05, 4.69) is 124 Å². The van der Waals surface area contributed by atoms with E-state index in [0.29, 0.717) is 79.5 Å². The molecule has 0 N–H and O–H groups in total. The number of ether oxygens (including phenoxy) is 14. The molecule has 0 radical (unpaired) electrons. The predicted octanol–water partition coefficient (Wildman–Crippen LogP) is 14.0. The minimum atomic E-state index is -2.51. The van der Waals surface area contributed by atoms with Gasteiger partial charge in [-0.25, -0.2) is 38.0 Å². The number of rotatable bonds is 10. The van der Waals surface area contributed by atoms with E-state index < -0.39 is 67.2 Å². The SMILES string of the molecule is C#CCC1CC(=C)OC(=O)O1.C=C1CC(C(F)=C(F)F)OC(=O)O1.C=C1CC(C)OC(=O)O1.C=C1CC(CC#CF)OC(=O)O1.C=C1CC(CC)OC(=O)O1.C=C1CC(CCCCCC)OC(=O)O1.C=CC1CC(=C)OC(=O)O1. The van der Waals surface area contributed by atoms with Crippen LogP contribution in [0.3, 0.4) is 0 Å². The molecule has 7 rings (SSSR count). The summed E-state index contributed by atoms with van der Waals surface area (Å²) in [6, 6.07) is 0. The second-order valence-electron chi connectivity index (χ2n) is 16.8. The van der Waals surface area contributed by atoms with Crippen molar-refractivity contribution < 1.29 is 117 Å². The molecule has 7 fully saturated rings. The Morgan fingerprint density at radius 1 is 0.519 bits per heavy atom. The van der Waals surface area contributed by atoms with Crippen LogP contribution in [0.1, 0.15) is 117 Å². The predicted molar refractivity (Wildman–Crippen MR) is 268 cm³/mol. The summed E-state index contributed by atoms with van der Waals surface area (Å²) in [4.78, 5) is 73.9. The lowest BCUT2D eigenvalue weighted by atomic mass is 10.1. The number of carbonyl (C=O) groups excluding carboxylic acids is 7. The molecule has 0 aliphatic carbocycles. The van der Waals surface area contributed by atoms with Gasteiger partial charge in [-0.05, 0) is 26.2 Å². The van der Waals surface area contributed by atoms with Crippen molar-refractivity contribution in [2.45, 2.75) is 160 Å². The van der Waals surface area contributed by atoms with Crippen LogP contribution >= 0.6 is 0 Å². The van der Waals surface area contributed by atoms with Gasteiger partial charge in [0.25, 0.3) is 0 Å². The molecule has 21 nitrogen and oxygen atoms in total. The van der Waals surface area contributed by atoms with E-state index in [4.69, 9.17) is 20.6 Å². The molecule has 0 saturated carbocycles. The van der Waals surface area contributed by atoms with E-state index in [-0.39, 0.29) is 49.1 Å². The third kappa shape index (κ3) is 31.3. The van der Waals surface area contributed by atoms with Gasteiger partial charge in [-0.15, -0.1) is 16.7 Å². The Morgan fingerprint density at radius 3 is 1.30 bits per heavy atom. The number of terminal acetylenes is 1. The van der Waals surface area contributed by atoms with E-state index in [1.807, 2.05) is 6.92 Å². The third-order valence-electron chi connectivity index (χ3n) is 9.91. The molecule has 7 heterocycles. The Kier molecular flexibility index (Phi) is 32.2. The van der Waals surface area contributed by atoms with Gasteiger partial charge in [-0.1, -0.05) is 97.7 Å². The molecule has 0 aromatic carbocycles. The first-order chi connectivity index (χ1) is 37.3. The fourth-order valence-electron chi connectivity index (χ4n) is 6.39. The molecule has 0 aromatic heterocycles. The van der Waals surface area contributed by atoms with Crippen molar-refractivity contribution >= 4 is 43.1 Å². The summed E-state index contributed by atoms with van der Waals surface area (Å²) >= 11 is 0. The van der Waals surface area contributed by atoms with Gasteiger partial charge in [0, 0.05) is 57.8 Å². The third-order valence-corrected chi connectivity index (χ3v) is 9.91. The van der Waals surface area contributed by atoms with E-state index in [0.717, 1.165) is 19.3 Å². The summed E-state index contributed by atoms with van der Waals surface area (Å²) in [6.45, 7) is 33.7. The molecule has 0 bridgehead atoms.